The fraction of sp³-hybridized carbons (Fsp3) is 0.286. The van der Waals surface area contributed by atoms with Crippen molar-refractivity contribution in [3.63, 3.8) is 0 Å². The van der Waals surface area contributed by atoms with Gasteiger partial charge in [0.15, 0.2) is 12.2 Å². The molecule has 1 aliphatic heterocycles. The first-order valence-electron chi connectivity index (χ1n) is 6.86. The third-order valence-electron chi connectivity index (χ3n) is 3.96. The van der Waals surface area contributed by atoms with Crippen LogP contribution in [0.4, 0.5) is 11.4 Å². The van der Waals surface area contributed by atoms with Gasteiger partial charge >= 0.3 is 5.97 Å². The number of carboxylic acid groups (broad SMARTS) is 1. The van der Waals surface area contributed by atoms with Crippen LogP contribution in [0.3, 0.4) is 0 Å². The van der Waals surface area contributed by atoms with Gasteiger partial charge in [-0.3, -0.25) is 9.71 Å². The maximum absolute atomic E-state index is 13.4. The second-order valence-corrected chi connectivity index (χ2v) is 5.20. The van der Waals surface area contributed by atoms with Crippen LogP contribution in [0.2, 0.25) is 0 Å². The molecule has 3 rings (SSSR count). The number of nitrogens with zero attached hydrogens (tertiary/aromatic N) is 2. The van der Waals surface area contributed by atoms with Crippen molar-refractivity contribution in [2.24, 2.45) is 0 Å². The largest absolute Gasteiger partial charge is 0.624 e. The highest BCUT2D eigenvalue weighted by molar-refractivity contribution is 5.90. The van der Waals surface area contributed by atoms with Crippen molar-refractivity contribution in [3.8, 4) is 0 Å². The van der Waals surface area contributed by atoms with E-state index in [0.29, 0.717) is 6.42 Å². The van der Waals surface area contributed by atoms with Gasteiger partial charge in [0.1, 0.15) is 6.26 Å². The van der Waals surface area contributed by atoms with Crippen LogP contribution in [0, 0.1) is 10.4 Å². The van der Waals surface area contributed by atoms with E-state index in [0.717, 1.165) is 0 Å². The topological polar surface area (TPSA) is 114 Å². The summed E-state index contributed by atoms with van der Waals surface area (Å²) in [7, 11) is 0. The van der Waals surface area contributed by atoms with Crippen molar-refractivity contribution in [1.82, 2.24) is 9.63 Å². The van der Waals surface area contributed by atoms with E-state index < -0.39 is 16.8 Å². The minimum absolute atomic E-state index is 0.0194. The van der Waals surface area contributed by atoms with Crippen molar-refractivity contribution in [2.45, 2.75) is 26.1 Å². The predicted molar refractivity (Wildman–Crippen MR) is 76.8 cm³/mol. The molecule has 2 N–H and O–H groups in total. The van der Waals surface area contributed by atoms with Gasteiger partial charge < -0.3 is 19.9 Å². The van der Waals surface area contributed by atoms with E-state index in [-0.39, 0.29) is 34.4 Å². The molecule has 3 atom stereocenters. The van der Waals surface area contributed by atoms with Crippen LogP contribution in [-0.4, -0.2) is 22.2 Å². The molecular weight excluding hydrogens is 290 g/mol. The van der Waals surface area contributed by atoms with E-state index in [9.17, 15) is 15.2 Å². The summed E-state index contributed by atoms with van der Waals surface area (Å²) in [5.41, 5.74) is 0.419. The number of aromatic nitrogens is 1. The Kier molecular flexibility index (Phi) is 3.45. The highest BCUT2D eigenvalue weighted by atomic mass is 16.6. The van der Waals surface area contributed by atoms with Crippen molar-refractivity contribution < 1.29 is 19.4 Å². The smallest absolute Gasteiger partial charge is 0.335 e. The van der Waals surface area contributed by atoms with Gasteiger partial charge in [-0.15, -0.1) is 0 Å². The zero-order chi connectivity index (χ0) is 15.9. The minimum Gasteiger partial charge on any atom is -0.624 e. The van der Waals surface area contributed by atoms with Gasteiger partial charge in [-0.2, -0.15) is 0 Å². The monoisotopic (exact) mass is 305 g/mol. The molecule has 0 radical (unpaired) electrons. The summed E-state index contributed by atoms with van der Waals surface area (Å²) in [4.78, 5) is 15.1. The number of hydrogen-bond acceptors (Lipinski definition) is 5. The molecule has 0 bridgehead atoms. The molecule has 1 aromatic carbocycles. The molecule has 1 aromatic heterocycles. The zero-order valence-electron chi connectivity index (χ0n) is 11.9. The summed E-state index contributed by atoms with van der Waals surface area (Å²) in [5.74, 6) is -0.923. The lowest BCUT2D eigenvalue weighted by Gasteiger charge is -2.41. The quantitative estimate of drug-likeness (QED) is 0.647. The maximum Gasteiger partial charge on any atom is 0.335 e. The number of carboxylic acids is 1. The molecule has 0 fully saturated rings. The number of quaternary nitrogens is 2. The van der Waals surface area contributed by atoms with Crippen LogP contribution in [0.5, 0.6) is 0 Å². The van der Waals surface area contributed by atoms with Gasteiger partial charge in [0.2, 0.25) is 11.9 Å². The van der Waals surface area contributed by atoms with Crippen LogP contribution in [0.1, 0.15) is 29.6 Å². The third kappa shape index (κ3) is 2.09. The lowest BCUT2D eigenvalue weighted by atomic mass is 10.1. The van der Waals surface area contributed by atoms with Crippen molar-refractivity contribution >= 4 is 17.3 Å². The van der Waals surface area contributed by atoms with E-state index in [1.54, 1.807) is 6.92 Å². The molecule has 3 unspecified atom stereocenters. The lowest BCUT2D eigenvalue weighted by Crippen LogP contribution is -3.07. The van der Waals surface area contributed by atoms with Crippen LogP contribution < -0.4 is 9.71 Å². The number of carbonyl (C=O) groups is 1. The predicted octanol–water partition coefficient (Wildman–Crippen LogP) is 1.14. The van der Waals surface area contributed by atoms with Crippen molar-refractivity contribution in [3.05, 3.63) is 52.5 Å². The molecule has 0 saturated carbocycles. The summed E-state index contributed by atoms with van der Waals surface area (Å²) in [6.07, 6.45) is 2.31. The number of fused-ring (bicyclic) bond motifs is 1. The van der Waals surface area contributed by atoms with E-state index in [2.05, 4.69) is 4.98 Å². The van der Waals surface area contributed by atoms with Gasteiger partial charge in [-0.05, 0) is 6.07 Å². The van der Waals surface area contributed by atoms with Crippen LogP contribution in [-0.2, 0) is 6.54 Å². The Balaban J connectivity index is 2.12. The van der Waals surface area contributed by atoms with E-state index >= 15 is 0 Å². The summed E-state index contributed by atoms with van der Waals surface area (Å²) in [6.45, 7) is 1.61. The Bertz CT molecular complexity index is 703. The molecule has 2 aromatic rings. The zero-order valence-corrected chi connectivity index (χ0v) is 11.9. The molecule has 0 amide bonds. The normalized spacial score (nSPS) is 26.9. The molecule has 0 aliphatic carbocycles. The maximum atomic E-state index is 13.4. The Hall–Kier alpha value is -2.26. The number of hydrogen-bond donors (Lipinski definition) is 2. The average Bonchev–Trinajstić information content (AvgIpc) is 3.05. The first-order valence-corrected chi connectivity index (χ1v) is 6.86. The molecule has 8 nitrogen and oxygen atoms in total. The van der Waals surface area contributed by atoms with E-state index in [1.807, 2.05) is 0 Å². The molecule has 0 saturated heterocycles. The molecule has 22 heavy (non-hydrogen) atoms. The molecule has 8 heteroatoms. The molecule has 2 heterocycles. The van der Waals surface area contributed by atoms with E-state index in [1.165, 1.54) is 30.7 Å². The lowest BCUT2D eigenvalue weighted by molar-refractivity contribution is -0.810. The average molecular weight is 305 g/mol. The number of nitrogens with one attached hydrogen (secondary N) is 1. The van der Waals surface area contributed by atoms with Crippen LogP contribution in [0.15, 0.2) is 35.1 Å². The Morgan fingerprint density at radius 1 is 1.55 bits per heavy atom. The standard InChI is InChI=1S/C14H15N3O5/c1-2-13-16(20)10-4-3-9(14(18)19)7-11(10)17(13,21)8-12-15-5-6-22-12/h3-7,13,16H,2,8H2,1H3,(H,18,19). The number of hydroxylamine groups is 3. The fourth-order valence-electron chi connectivity index (χ4n) is 2.93. The summed E-state index contributed by atoms with van der Waals surface area (Å²) in [5, 5.41) is 34.6. The second-order valence-electron chi connectivity index (χ2n) is 5.20. The van der Waals surface area contributed by atoms with Gasteiger partial charge in [0, 0.05) is 12.1 Å². The summed E-state index contributed by atoms with van der Waals surface area (Å²) in [6, 6.07) is 4.03. The van der Waals surface area contributed by atoms with Crippen LogP contribution in [0.25, 0.3) is 0 Å². The molecule has 0 spiro atoms. The van der Waals surface area contributed by atoms with Gasteiger partial charge in [-0.1, -0.05) is 6.92 Å². The SMILES string of the molecule is CCC1[NH+]([O-])c2ccc(C(=O)O)cc2[N+]1([O-])Cc1ncco1. The second kappa shape index (κ2) is 5.18. The van der Waals surface area contributed by atoms with Crippen LogP contribution >= 0.6 is 0 Å². The first-order chi connectivity index (χ1) is 10.5. The highest BCUT2D eigenvalue weighted by Crippen LogP contribution is 2.38. The van der Waals surface area contributed by atoms with E-state index in [4.69, 9.17) is 9.52 Å². The number of rotatable bonds is 4. The molecule has 116 valence electrons. The Labute approximate surface area is 126 Å². The molecular formula is C14H15N3O5. The van der Waals surface area contributed by atoms with Gasteiger partial charge in [0.25, 0.3) is 5.89 Å². The van der Waals surface area contributed by atoms with Crippen molar-refractivity contribution in [2.75, 3.05) is 0 Å². The Morgan fingerprint density at radius 3 is 2.91 bits per heavy atom. The molecule has 1 aliphatic rings. The Morgan fingerprint density at radius 2 is 2.32 bits per heavy atom. The summed E-state index contributed by atoms with van der Waals surface area (Å²) < 4.78 is 4.16. The first kappa shape index (κ1) is 14.7. The van der Waals surface area contributed by atoms with Gasteiger partial charge in [0.05, 0.1) is 18.2 Å². The number of oxazole rings is 1. The number of aromatic carboxylic acids is 1. The van der Waals surface area contributed by atoms with Gasteiger partial charge in [-0.25, -0.2) is 9.78 Å². The fourth-order valence-corrected chi connectivity index (χ4v) is 2.93. The number of benzene rings is 1. The minimum atomic E-state index is -1.14. The highest BCUT2D eigenvalue weighted by Gasteiger charge is 2.47. The third-order valence-corrected chi connectivity index (χ3v) is 3.96. The summed E-state index contributed by atoms with van der Waals surface area (Å²) >= 11 is 0. The van der Waals surface area contributed by atoms with Crippen molar-refractivity contribution in [1.29, 1.82) is 0 Å².